The Bertz CT molecular complexity index is 566. The van der Waals surface area contributed by atoms with Crippen LogP contribution in [0.1, 0.15) is 26.2 Å². The van der Waals surface area contributed by atoms with Crippen molar-refractivity contribution in [3.63, 3.8) is 0 Å². The molecule has 100 valence electrons. The molecule has 2 aromatic rings. The lowest BCUT2D eigenvalue weighted by Gasteiger charge is -2.16. The summed E-state index contributed by atoms with van der Waals surface area (Å²) in [6, 6.07) is 3.06. The maximum Gasteiger partial charge on any atom is 0.326 e. The number of carboxylic acids is 1. The molecular weight excluding hydrogens is 242 g/mol. The second kappa shape index (κ2) is 6.13. The fraction of sp³-hybridized carbons (Fsp3) is 0.357. The Kier molecular flexibility index (Phi) is 4.28. The van der Waals surface area contributed by atoms with Crippen molar-refractivity contribution >= 4 is 22.6 Å². The summed E-state index contributed by atoms with van der Waals surface area (Å²) in [5.41, 5.74) is 1.54. The van der Waals surface area contributed by atoms with Gasteiger partial charge in [0, 0.05) is 23.5 Å². The zero-order valence-electron chi connectivity index (χ0n) is 10.8. The number of aliphatic carboxylic acids is 1. The summed E-state index contributed by atoms with van der Waals surface area (Å²) in [5, 5.41) is 13.2. The number of anilines is 1. The highest BCUT2D eigenvalue weighted by Crippen LogP contribution is 2.21. The lowest BCUT2D eigenvalue weighted by atomic mass is 10.1. The normalized spacial score (nSPS) is 12.3. The van der Waals surface area contributed by atoms with Gasteiger partial charge in [0.15, 0.2) is 0 Å². The monoisotopic (exact) mass is 259 g/mol. The third-order valence-electron chi connectivity index (χ3n) is 3.02. The van der Waals surface area contributed by atoms with Gasteiger partial charge >= 0.3 is 5.97 Å². The van der Waals surface area contributed by atoms with Crippen LogP contribution in [0.25, 0.3) is 10.9 Å². The van der Waals surface area contributed by atoms with Gasteiger partial charge in [0.05, 0.1) is 11.7 Å². The van der Waals surface area contributed by atoms with Gasteiger partial charge in [-0.2, -0.15) is 0 Å². The molecular formula is C14H17N3O2. The van der Waals surface area contributed by atoms with Gasteiger partial charge in [0.2, 0.25) is 0 Å². The first kappa shape index (κ1) is 13.3. The Balaban J connectivity index is 2.26. The number of pyridine rings is 2. The Morgan fingerprint density at radius 2 is 2.26 bits per heavy atom. The molecule has 5 heteroatoms. The Labute approximate surface area is 111 Å². The van der Waals surface area contributed by atoms with Gasteiger partial charge < -0.3 is 10.4 Å². The molecule has 2 heterocycles. The number of hydrogen-bond donors (Lipinski definition) is 2. The van der Waals surface area contributed by atoms with Crippen molar-refractivity contribution in [2.75, 3.05) is 5.32 Å². The molecule has 19 heavy (non-hydrogen) atoms. The number of unbranched alkanes of at least 4 members (excludes halogenated alkanes) is 1. The van der Waals surface area contributed by atoms with Gasteiger partial charge in [0.1, 0.15) is 6.04 Å². The maximum atomic E-state index is 11.3. The van der Waals surface area contributed by atoms with Crippen LogP contribution >= 0.6 is 0 Å². The highest BCUT2D eigenvalue weighted by Gasteiger charge is 2.17. The minimum Gasteiger partial charge on any atom is -0.480 e. The molecule has 0 saturated heterocycles. The summed E-state index contributed by atoms with van der Waals surface area (Å²) in [6.07, 6.45) is 7.48. The van der Waals surface area contributed by atoms with Crippen LogP contribution < -0.4 is 5.32 Å². The molecule has 0 saturated carbocycles. The van der Waals surface area contributed by atoms with Crippen LogP contribution in [0.5, 0.6) is 0 Å². The molecule has 0 amide bonds. The largest absolute Gasteiger partial charge is 0.480 e. The Morgan fingerprint density at radius 1 is 1.42 bits per heavy atom. The molecule has 0 bridgehead atoms. The maximum absolute atomic E-state index is 11.3. The van der Waals surface area contributed by atoms with E-state index in [9.17, 15) is 9.90 Å². The number of nitrogens with zero attached hydrogens (tertiary/aromatic N) is 2. The predicted molar refractivity (Wildman–Crippen MR) is 74.1 cm³/mol. The number of nitrogens with one attached hydrogen (secondary N) is 1. The molecule has 0 spiro atoms. The van der Waals surface area contributed by atoms with Crippen molar-refractivity contribution in [2.45, 2.75) is 32.2 Å². The van der Waals surface area contributed by atoms with Crippen molar-refractivity contribution in [3.05, 3.63) is 30.7 Å². The van der Waals surface area contributed by atoms with Crippen LogP contribution in [-0.4, -0.2) is 27.1 Å². The number of hydrogen-bond acceptors (Lipinski definition) is 4. The standard InChI is InChI=1S/C14H17N3O2/c1-2-3-4-12(14(18)19)17-11-6-8-16-13-9-15-7-5-10(11)13/h5-9,12H,2-4H2,1H3,(H,16,17)(H,18,19)/t12-/m0/s1. The first-order valence-corrected chi connectivity index (χ1v) is 6.40. The van der Waals surface area contributed by atoms with E-state index in [2.05, 4.69) is 15.3 Å². The number of carboxylic acid groups (broad SMARTS) is 1. The van der Waals surface area contributed by atoms with Gasteiger partial charge in [-0.25, -0.2) is 4.79 Å². The van der Waals surface area contributed by atoms with Gasteiger partial charge in [-0.05, 0) is 18.6 Å². The third kappa shape index (κ3) is 3.19. The van der Waals surface area contributed by atoms with Crippen LogP contribution in [0.3, 0.4) is 0 Å². The third-order valence-corrected chi connectivity index (χ3v) is 3.02. The molecule has 1 atom stereocenters. The van der Waals surface area contributed by atoms with E-state index in [4.69, 9.17) is 0 Å². The van der Waals surface area contributed by atoms with Crippen LogP contribution in [0.4, 0.5) is 5.69 Å². The molecule has 0 aliphatic carbocycles. The number of rotatable bonds is 6. The first-order chi connectivity index (χ1) is 9.22. The molecule has 2 N–H and O–H groups in total. The number of aromatic nitrogens is 2. The molecule has 0 aliphatic rings. The fourth-order valence-corrected chi connectivity index (χ4v) is 1.98. The van der Waals surface area contributed by atoms with E-state index in [0.29, 0.717) is 6.42 Å². The summed E-state index contributed by atoms with van der Waals surface area (Å²) in [7, 11) is 0. The van der Waals surface area contributed by atoms with Gasteiger partial charge in [-0.15, -0.1) is 0 Å². The molecule has 0 radical (unpaired) electrons. The van der Waals surface area contributed by atoms with Crippen LogP contribution in [-0.2, 0) is 4.79 Å². The molecule has 2 rings (SSSR count). The quantitative estimate of drug-likeness (QED) is 0.834. The average Bonchev–Trinajstić information content (AvgIpc) is 2.43. The summed E-state index contributed by atoms with van der Waals surface area (Å²) in [5.74, 6) is -0.826. The van der Waals surface area contributed by atoms with Crippen molar-refractivity contribution in [1.82, 2.24) is 9.97 Å². The van der Waals surface area contributed by atoms with E-state index >= 15 is 0 Å². The predicted octanol–water partition coefficient (Wildman–Crippen LogP) is 2.69. The zero-order chi connectivity index (χ0) is 13.7. The second-order valence-corrected chi connectivity index (χ2v) is 4.43. The first-order valence-electron chi connectivity index (χ1n) is 6.40. The van der Waals surface area contributed by atoms with E-state index in [1.165, 1.54) is 0 Å². The van der Waals surface area contributed by atoms with Gasteiger partial charge in [0.25, 0.3) is 0 Å². The molecule has 2 aromatic heterocycles. The van der Waals surface area contributed by atoms with Crippen LogP contribution in [0.15, 0.2) is 30.7 Å². The topological polar surface area (TPSA) is 75.1 Å². The Morgan fingerprint density at radius 3 is 3.00 bits per heavy atom. The fourth-order valence-electron chi connectivity index (χ4n) is 1.98. The molecule has 0 aromatic carbocycles. The smallest absolute Gasteiger partial charge is 0.326 e. The van der Waals surface area contributed by atoms with E-state index in [1.54, 1.807) is 24.7 Å². The molecule has 0 unspecified atom stereocenters. The summed E-state index contributed by atoms with van der Waals surface area (Å²) < 4.78 is 0. The van der Waals surface area contributed by atoms with E-state index in [1.807, 2.05) is 13.0 Å². The van der Waals surface area contributed by atoms with E-state index in [0.717, 1.165) is 29.4 Å². The summed E-state index contributed by atoms with van der Waals surface area (Å²) in [6.45, 7) is 2.05. The van der Waals surface area contributed by atoms with Crippen molar-refractivity contribution in [1.29, 1.82) is 0 Å². The van der Waals surface area contributed by atoms with Crippen LogP contribution in [0, 0.1) is 0 Å². The minimum atomic E-state index is -0.826. The van der Waals surface area contributed by atoms with E-state index < -0.39 is 12.0 Å². The molecule has 0 aliphatic heterocycles. The van der Waals surface area contributed by atoms with Crippen LogP contribution in [0.2, 0.25) is 0 Å². The lowest BCUT2D eigenvalue weighted by molar-refractivity contribution is -0.138. The zero-order valence-corrected chi connectivity index (χ0v) is 10.8. The molecule has 0 fully saturated rings. The minimum absolute atomic E-state index is 0.571. The second-order valence-electron chi connectivity index (χ2n) is 4.43. The van der Waals surface area contributed by atoms with Crippen molar-refractivity contribution < 1.29 is 9.90 Å². The number of fused-ring (bicyclic) bond motifs is 1. The van der Waals surface area contributed by atoms with Crippen molar-refractivity contribution in [2.24, 2.45) is 0 Å². The Hall–Kier alpha value is -2.17. The van der Waals surface area contributed by atoms with Gasteiger partial charge in [-0.1, -0.05) is 19.8 Å². The SMILES string of the molecule is CCCC[C@H](Nc1ccnc2cnccc12)C(=O)O. The average molecular weight is 259 g/mol. The highest BCUT2D eigenvalue weighted by atomic mass is 16.4. The summed E-state index contributed by atoms with van der Waals surface area (Å²) >= 11 is 0. The van der Waals surface area contributed by atoms with E-state index in [-0.39, 0.29) is 0 Å². The highest BCUT2D eigenvalue weighted by molar-refractivity contribution is 5.92. The van der Waals surface area contributed by atoms with Gasteiger partial charge in [-0.3, -0.25) is 9.97 Å². The number of carbonyl (C=O) groups is 1. The lowest BCUT2D eigenvalue weighted by Crippen LogP contribution is -2.29. The molecule has 5 nitrogen and oxygen atoms in total. The summed E-state index contributed by atoms with van der Waals surface area (Å²) in [4.78, 5) is 19.5. The van der Waals surface area contributed by atoms with Crippen molar-refractivity contribution in [3.8, 4) is 0 Å².